The molecule has 0 unspecified atom stereocenters. The van der Waals surface area contributed by atoms with E-state index in [0.717, 1.165) is 18.2 Å². The number of nitro groups is 2. The highest BCUT2D eigenvalue weighted by atomic mass is 16.6. The Morgan fingerprint density at radius 1 is 0.960 bits per heavy atom. The summed E-state index contributed by atoms with van der Waals surface area (Å²) in [5.74, 6) is -1.85. The van der Waals surface area contributed by atoms with E-state index < -0.39 is 45.1 Å². The molecule has 0 bridgehead atoms. The molecule has 10 nitrogen and oxygen atoms in total. The van der Waals surface area contributed by atoms with Gasteiger partial charge in [-0.3, -0.25) is 29.8 Å². The second-order valence-electron chi connectivity index (χ2n) is 4.69. The summed E-state index contributed by atoms with van der Waals surface area (Å²) in [5, 5.41) is 22.2. The van der Waals surface area contributed by atoms with Crippen LogP contribution in [0.1, 0.15) is 15.9 Å². The molecular weight excluding hydrogens is 334 g/mol. The Hall–Kier alpha value is -3.66. The van der Waals surface area contributed by atoms with Crippen LogP contribution in [0.3, 0.4) is 0 Å². The van der Waals surface area contributed by atoms with E-state index in [0.29, 0.717) is 0 Å². The maximum absolute atomic E-state index is 12.7. The SMILES string of the molecule is NCC(=O)Oc1ccccc1C(=O)c1cccc([N+](=O)[O-])c1[N+](=O)[O-]. The van der Waals surface area contributed by atoms with Crippen molar-refractivity contribution in [1.29, 1.82) is 0 Å². The Labute approximate surface area is 140 Å². The summed E-state index contributed by atoms with van der Waals surface area (Å²) >= 11 is 0. The summed E-state index contributed by atoms with van der Waals surface area (Å²) in [6, 6.07) is 8.71. The number of nitrogens with two attached hydrogens (primary N) is 1. The second kappa shape index (κ2) is 7.27. The van der Waals surface area contributed by atoms with Gasteiger partial charge in [-0.05, 0) is 18.2 Å². The monoisotopic (exact) mass is 345 g/mol. The predicted octanol–water partition coefficient (Wildman–Crippen LogP) is 1.60. The molecule has 2 N–H and O–H groups in total. The van der Waals surface area contributed by atoms with E-state index in [1.807, 2.05) is 0 Å². The molecule has 0 amide bonds. The Morgan fingerprint density at radius 2 is 1.60 bits per heavy atom. The summed E-state index contributed by atoms with van der Waals surface area (Å²) in [6.45, 7) is -0.431. The molecule has 0 aliphatic rings. The van der Waals surface area contributed by atoms with Gasteiger partial charge in [-0.2, -0.15) is 0 Å². The highest BCUT2D eigenvalue weighted by Gasteiger charge is 2.32. The molecule has 0 radical (unpaired) electrons. The number of para-hydroxylation sites is 2. The molecule has 0 aliphatic carbocycles. The van der Waals surface area contributed by atoms with Crippen molar-refractivity contribution in [3.05, 3.63) is 73.8 Å². The van der Waals surface area contributed by atoms with Crippen LogP contribution in [0.25, 0.3) is 0 Å². The number of nitrogens with zero attached hydrogens (tertiary/aromatic N) is 2. The van der Waals surface area contributed by atoms with Crippen LogP contribution < -0.4 is 10.5 Å². The maximum Gasteiger partial charge on any atom is 0.357 e. The van der Waals surface area contributed by atoms with Crippen LogP contribution >= 0.6 is 0 Å². The van der Waals surface area contributed by atoms with Crippen LogP contribution in [0.15, 0.2) is 42.5 Å². The van der Waals surface area contributed by atoms with E-state index in [4.69, 9.17) is 10.5 Å². The topological polar surface area (TPSA) is 156 Å². The van der Waals surface area contributed by atoms with Gasteiger partial charge in [0.25, 0.3) is 0 Å². The van der Waals surface area contributed by atoms with Crippen molar-refractivity contribution in [2.75, 3.05) is 6.54 Å². The van der Waals surface area contributed by atoms with Gasteiger partial charge in [0.1, 0.15) is 11.3 Å². The lowest BCUT2D eigenvalue weighted by molar-refractivity contribution is -0.422. The first-order valence-electron chi connectivity index (χ1n) is 6.83. The first kappa shape index (κ1) is 17.7. The number of ether oxygens (including phenoxy) is 1. The number of carbonyl (C=O) groups is 2. The maximum atomic E-state index is 12.7. The van der Waals surface area contributed by atoms with E-state index in [9.17, 15) is 29.8 Å². The van der Waals surface area contributed by atoms with Gasteiger partial charge in [0.05, 0.1) is 22.0 Å². The standard InChI is InChI=1S/C15H11N3O7/c16-8-13(19)25-12-7-2-1-4-9(12)15(20)10-5-3-6-11(17(21)22)14(10)18(23)24/h1-7H,8,16H2. The van der Waals surface area contributed by atoms with Crippen molar-refractivity contribution in [2.24, 2.45) is 5.73 Å². The Bertz CT molecular complexity index is 879. The van der Waals surface area contributed by atoms with Gasteiger partial charge in [0.2, 0.25) is 5.78 Å². The van der Waals surface area contributed by atoms with Crippen molar-refractivity contribution in [2.45, 2.75) is 0 Å². The lowest BCUT2D eigenvalue weighted by Gasteiger charge is -2.09. The van der Waals surface area contributed by atoms with Crippen molar-refractivity contribution in [3.63, 3.8) is 0 Å². The van der Waals surface area contributed by atoms with Crippen molar-refractivity contribution >= 4 is 23.1 Å². The van der Waals surface area contributed by atoms with Crippen LogP contribution in [0.2, 0.25) is 0 Å². The van der Waals surface area contributed by atoms with E-state index in [-0.39, 0.29) is 11.3 Å². The molecule has 0 saturated heterocycles. The van der Waals surface area contributed by atoms with Crippen molar-refractivity contribution in [3.8, 4) is 5.75 Å². The molecule has 0 spiro atoms. The van der Waals surface area contributed by atoms with E-state index in [1.54, 1.807) is 0 Å². The fourth-order valence-corrected chi connectivity index (χ4v) is 2.11. The molecule has 2 aromatic rings. The van der Waals surface area contributed by atoms with Crippen LogP contribution in [0.4, 0.5) is 11.4 Å². The van der Waals surface area contributed by atoms with E-state index >= 15 is 0 Å². The zero-order chi connectivity index (χ0) is 18.6. The van der Waals surface area contributed by atoms with Crippen molar-refractivity contribution < 1.29 is 24.2 Å². The number of hydrogen-bond donors (Lipinski definition) is 1. The second-order valence-corrected chi connectivity index (χ2v) is 4.69. The van der Waals surface area contributed by atoms with Gasteiger partial charge >= 0.3 is 17.3 Å². The Balaban J connectivity index is 2.60. The minimum atomic E-state index is -1.00. The number of carbonyl (C=O) groups excluding carboxylic acids is 2. The van der Waals surface area contributed by atoms with Gasteiger partial charge < -0.3 is 10.5 Å². The minimum absolute atomic E-state index is 0.149. The normalized spacial score (nSPS) is 10.1. The van der Waals surface area contributed by atoms with Gasteiger partial charge in [-0.25, -0.2) is 0 Å². The average molecular weight is 345 g/mol. The zero-order valence-electron chi connectivity index (χ0n) is 12.6. The number of nitro benzene ring substituents is 2. The number of rotatable bonds is 6. The van der Waals surface area contributed by atoms with Gasteiger partial charge in [-0.15, -0.1) is 0 Å². The largest absolute Gasteiger partial charge is 0.425 e. The first-order chi connectivity index (χ1) is 11.9. The van der Waals surface area contributed by atoms with Gasteiger partial charge in [-0.1, -0.05) is 18.2 Å². The molecule has 10 heteroatoms. The van der Waals surface area contributed by atoms with Crippen molar-refractivity contribution in [1.82, 2.24) is 0 Å². The van der Waals surface area contributed by atoms with Crippen LogP contribution in [-0.4, -0.2) is 28.1 Å². The molecule has 2 aromatic carbocycles. The average Bonchev–Trinajstić information content (AvgIpc) is 2.60. The highest BCUT2D eigenvalue weighted by Crippen LogP contribution is 2.33. The number of benzene rings is 2. The highest BCUT2D eigenvalue weighted by molar-refractivity contribution is 6.14. The predicted molar refractivity (Wildman–Crippen MR) is 84.3 cm³/mol. The fraction of sp³-hybridized carbons (Fsp3) is 0.0667. The third-order valence-electron chi connectivity index (χ3n) is 3.16. The molecule has 128 valence electrons. The molecule has 0 heterocycles. The van der Waals surface area contributed by atoms with E-state index in [1.165, 1.54) is 24.3 Å². The molecule has 0 saturated carbocycles. The van der Waals surface area contributed by atoms with Crippen LogP contribution in [0.5, 0.6) is 5.75 Å². The van der Waals surface area contributed by atoms with Gasteiger partial charge in [0.15, 0.2) is 0 Å². The molecule has 0 aliphatic heterocycles. The van der Waals surface area contributed by atoms with Crippen LogP contribution in [-0.2, 0) is 4.79 Å². The molecule has 0 aromatic heterocycles. The number of ketones is 1. The zero-order valence-corrected chi connectivity index (χ0v) is 12.6. The molecule has 0 atom stereocenters. The quantitative estimate of drug-likeness (QED) is 0.272. The molecule has 25 heavy (non-hydrogen) atoms. The Kier molecular flexibility index (Phi) is 5.15. The summed E-state index contributed by atoms with van der Waals surface area (Å²) < 4.78 is 4.93. The third-order valence-corrected chi connectivity index (χ3v) is 3.16. The minimum Gasteiger partial charge on any atom is -0.425 e. The first-order valence-corrected chi connectivity index (χ1v) is 6.83. The van der Waals surface area contributed by atoms with Gasteiger partial charge in [0, 0.05) is 6.07 Å². The summed E-state index contributed by atoms with van der Waals surface area (Å²) in [4.78, 5) is 44.3. The van der Waals surface area contributed by atoms with E-state index in [2.05, 4.69) is 0 Å². The summed E-state index contributed by atoms with van der Waals surface area (Å²) in [7, 11) is 0. The lowest BCUT2D eigenvalue weighted by atomic mass is 10.00. The molecular formula is C15H11N3O7. The smallest absolute Gasteiger partial charge is 0.357 e. The third kappa shape index (κ3) is 3.64. The number of hydrogen-bond acceptors (Lipinski definition) is 8. The Morgan fingerprint density at radius 3 is 2.20 bits per heavy atom. The van der Waals surface area contributed by atoms with Crippen LogP contribution in [0, 0.1) is 20.2 Å². The summed E-state index contributed by atoms with van der Waals surface area (Å²) in [6.07, 6.45) is 0. The molecule has 0 fully saturated rings. The lowest BCUT2D eigenvalue weighted by Crippen LogP contribution is -2.20. The number of esters is 1. The molecule has 2 rings (SSSR count). The fourth-order valence-electron chi connectivity index (χ4n) is 2.11. The summed E-state index contributed by atoms with van der Waals surface area (Å²) in [5.41, 5.74) is 2.76.